The van der Waals surface area contributed by atoms with Crippen LogP contribution >= 0.6 is 23.2 Å². The predicted octanol–water partition coefficient (Wildman–Crippen LogP) is 3.58. The minimum absolute atomic E-state index is 0.0123. The van der Waals surface area contributed by atoms with Crippen molar-refractivity contribution in [2.45, 2.75) is 6.42 Å². The van der Waals surface area contributed by atoms with Crippen LogP contribution in [0.2, 0.25) is 10.2 Å². The normalized spacial score (nSPS) is 10.4. The van der Waals surface area contributed by atoms with E-state index >= 15 is 0 Å². The highest BCUT2D eigenvalue weighted by Crippen LogP contribution is 2.32. The number of benzene rings is 1. The second kappa shape index (κ2) is 6.71. The standard InChI is InChI=1S/C13H11Cl2N3O3/c14-10-7-11(18(20)21)13(17-12(10)15)16-9-3-1-8(2-4-9)5-6-19/h1-4,7,19H,5-6H2,(H,16,17). The summed E-state index contributed by atoms with van der Waals surface area (Å²) < 4.78 is 0. The smallest absolute Gasteiger partial charge is 0.313 e. The SMILES string of the molecule is O=[N+]([O-])c1cc(Cl)c(Cl)nc1Nc1ccc(CCO)cc1. The summed E-state index contributed by atoms with van der Waals surface area (Å²) in [4.78, 5) is 14.3. The van der Waals surface area contributed by atoms with Crippen molar-refractivity contribution < 1.29 is 10.0 Å². The summed E-state index contributed by atoms with van der Waals surface area (Å²) in [5.74, 6) is 0.0179. The van der Waals surface area contributed by atoms with Crippen molar-refractivity contribution in [2.75, 3.05) is 11.9 Å². The lowest BCUT2D eigenvalue weighted by atomic mass is 10.1. The highest BCUT2D eigenvalue weighted by Gasteiger charge is 2.19. The van der Waals surface area contributed by atoms with Gasteiger partial charge in [0.05, 0.1) is 9.95 Å². The van der Waals surface area contributed by atoms with Crippen LogP contribution in [-0.2, 0) is 6.42 Å². The van der Waals surface area contributed by atoms with E-state index in [2.05, 4.69) is 10.3 Å². The molecule has 2 rings (SSSR count). The molecule has 8 heteroatoms. The van der Waals surface area contributed by atoms with Gasteiger partial charge < -0.3 is 10.4 Å². The van der Waals surface area contributed by atoms with E-state index < -0.39 is 4.92 Å². The molecular formula is C13H11Cl2N3O3. The number of rotatable bonds is 5. The molecule has 0 amide bonds. The van der Waals surface area contributed by atoms with E-state index in [-0.39, 0.29) is 28.3 Å². The monoisotopic (exact) mass is 327 g/mol. The number of nitro groups is 1. The molecule has 21 heavy (non-hydrogen) atoms. The van der Waals surface area contributed by atoms with E-state index in [0.717, 1.165) is 11.6 Å². The molecule has 0 unspecified atom stereocenters. The van der Waals surface area contributed by atoms with Gasteiger partial charge in [0.2, 0.25) is 5.82 Å². The maximum absolute atomic E-state index is 11.0. The van der Waals surface area contributed by atoms with Crippen LogP contribution in [0.1, 0.15) is 5.56 Å². The van der Waals surface area contributed by atoms with Crippen molar-refractivity contribution in [1.29, 1.82) is 0 Å². The van der Waals surface area contributed by atoms with Crippen molar-refractivity contribution in [1.82, 2.24) is 4.98 Å². The maximum atomic E-state index is 11.0. The molecular weight excluding hydrogens is 317 g/mol. The average Bonchev–Trinajstić information content (AvgIpc) is 2.44. The highest BCUT2D eigenvalue weighted by molar-refractivity contribution is 6.41. The van der Waals surface area contributed by atoms with Gasteiger partial charge in [0.25, 0.3) is 0 Å². The fraction of sp³-hybridized carbons (Fsp3) is 0.154. The van der Waals surface area contributed by atoms with Crippen LogP contribution in [-0.4, -0.2) is 21.6 Å². The molecule has 6 nitrogen and oxygen atoms in total. The van der Waals surface area contributed by atoms with Gasteiger partial charge in [-0.05, 0) is 24.1 Å². The minimum atomic E-state index is -0.586. The molecule has 0 saturated heterocycles. The summed E-state index contributed by atoms with van der Waals surface area (Å²) in [6.07, 6.45) is 0.547. The molecule has 0 fully saturated rings. The number of anilines is 2. The quantitative estimate of drug-likeness (QED) is 0.498. The summed E-state index contributed by atoms with van der Waals surface area (Å²) >= 11 is 11.5. The molecule has 0 spiro atoms. The first-order valence-electron chi connectivity index (χ1n) is 5.98. The van der Waals surface area contributed by atoms with Crippen LogP contribution in [0.5, 0.6) is 0 Å². The Morgan fingerprint density at radius 3 is 2.52 bits per heavy atom. The molecule has 0 aliphatic rings. The number of aliphatic hydroxyl groups is 1. The summed E-state index contributed by atoms with van der Waals surface area (Å²) in [5, 5.41) is 22.7. The second-order valence-electron chi connectivity index (χ2n) is 4.18. The Morgan fingerprint density at radius 1 is 1.29 bits per heavy atom. The number of hydrogen-bond donors (Lipinski definition) is 2. The number of nitrogens with one attached hydrogen (secondary N) is 1. The lowest BCUT2D eigenvalue weighted by Gasteiger charge is -2.08. The van der Waals surface area contributed by atoms with Gasteiger partial charge in [0.15, 0.2) is 5.15 Å². The van der Waals surface area contributed by atoms with E-state index in [1.54, 1.807) is 12.1 Å². The topological polar surface area (TPSA) is 88.3 Å². The number of halogens is 2. The molecule has 0 radical (unpaired) electrons. The first kappa shape index (κ1) is 15.5. The molecule has 0 aliphatic heterocycles. The second-order valence-corrected chi connectivity index (χ2v) is 4.95. The predicted molar refractivity (Wildman–Crippen MR) is 81.4 cm³/mol. The number of aliphatic hydroxyl groups excluding tert-OH is 1. The zero-order valence-electron chi connectivity index (χ0n) is 10.7. The van der Waals surface area contributed by atoms with Crippen molar-refractivity contribution in [3.05, 3.63) is 56.2 Å². The third kappa shape index (κ3) is 3.81. The zero-order valence-corrected chi connectivity index (χ0v) is 12.2. The lowest BCUT2D eigenvalue weighted by Crippen LogP contribution is -2.00. The molecule has 0 atom stereocenters. The van der Waals surface area contributed by atoms with E-state index in [0.29, 0.717) is 12.1 Å². The first-order valence-corrected chi connectivity index (χ1v) is 6.74. The summed E-state index contributed by atoms with van der Waals surface area (Å²) in [6.45, 7) is 0.0621. The van der Waals surface area contributed by atoms with Gasteiger partial charge in [-0.25, -0.2) is 4.98 Å². The molecule has 110 valence electrons. The van der Waals surface area contributed by atoms with Gasteiger partial charge in [-0.2, -0.15) is 0 Å². The van der Waals surface area contributed by atoms with Crippen LogP contribution in [0, 0.1) is 10.1 Å². The number of pyridine rings is 1. The lowest BCUT2D eigenvalue weighted by molar-refractivity contribution is -0.384. The van der Waals surface area contributed by atoms with E-state index in [4.69, 9.17) is 28.3 Å². The minimum Gasteiger partial charge on any atom is -0.396 e. The van der Waals surface area contributed by atoms with E-state index in [1.165, 1.54) is 0 Å². The fourth-order valence-electron chi connectivity index (χ4n) is 1.71. The summed E-state index contributed by atoms with van der Waals surface area (Å²) in [7, 11) is 0. The van der Waals surface area contributed by atoms with Crippen LogP contribution in [0.4, 0.5) is 17.2 Å². The average molecular weight is 328 g/mol. The third-order valence-corrected chi connectivity index (χ3v) is 3.40. The molecule has 0 aliphatic carbocycles. The van der Waals surface area contributed by atoms with Crippen molar-refractivity contribution in [3.8, 4) is 0 Å². The van der Waals surface area contributed by atoms with Gasteiger partial charge in [-0.15, -0.1) is 0 Å². The maximum Gasteiger partial charge on any atom is 0.313 e. The molecule has 1 aromatic carbocycles. The Kier molecular flexibility index (Phi) is 4.95. The summed E-state index contributed by atoms with van der Waals surface area (Å²) in [5.41, 5.74) is 1.31. The largest absolute Gasteiger partial charge is 0.396 e. The van der Waals surface area contributed by atoms with Gasteiger partial charge in [-0.3, -0.25) is 10.1 Å². The Morgan fingerprint density at radius 2 is 1.95 bits per heavy atom. The van der Waals surface area contributed by atoms with Crippen LogP contribution in [0.3, 0.4) is 0 Å². The number of hydrogen-bond acceptors (Lipinski definition) is 5. The number of aromatic nitrogens is 1. The van der Waals surface area contributed by atoms with Gasteiger partial charge >= 0.3 is 5.69 Å². The van der Waals surface area contributed by atoms with Gasteiger partial charge in [0.1, 0.15) is 0 Å². The molecule has 1 aromatic heterocycles. The van der Waals surface area contributed by atoms with Crippen LogP contribution in [0.25, 0.3) is 0 Å². The van der Waals surface area contributed by atoms with Crippen molar-refractivity contribution >= 4 is 40.4 Å². The molecule has 0 saturated carbocycles. The molecule has 2 N–H and O–H groups in total. The summed E-state index contributed by atoms with van der Waals surface area (Å²) in [6, 6.07) is 8.24. The van der Waals surface area contributed by atoms with Crippen molar-refractivity contribution in [3.63, 3.8) is 0 Å². The Bertz CT molecular complexity index is 662. The zero-order chi connectivity index (χ0) is 15.4. The Hall–Kier alpha value is -1.89. The highest BCUT2D eigenvalue weighted by atomic mass is 35.5. The first-order chi connectivity index (χ1) is 10.0. The van der Waals surface area contributed by atoms with Crippen LogP contribution < -0.4 is 5.32 Å². The van der Waals surface area contributed by atoms with Gasteiger partial charge in [-0.1, -0.05) is 35.3 Å². The molecule has 1 heterocycles. The fourth-order valence-corrected chi connectivity index (χ4v) is 1.99. The van der Waals surface area contributed by atoms with E-state index in [9.17, 15) is 10.1 Å². The number of nitrogens with zero attached hydrogens (tertiary/aromatic N) is 2. The Balaban J connectivity index is 2.30. The Labute approximate surface area is 130 Å². The third-order valence-electron chi connectivity index (χ3n) is 2.73. The molecule has 0 bridgehead atoms. The van der Waals surface area contributed by atoms with E-state index in [1.807, 2.05) is 12.1 Å². The van der Waals surface area contributed by atoms with Gasteiger partial charge in [0, 0.05) is 18.4 Å². The molecule has 2 aromatic rings. The van der Waals surface area contributed by atoms with Crippen LogP contribution in [0.15, 0.2) is 30.3 Å². The van der Waals surface area contributed by atoms with Crippen molar-refractivity contribution in [2.24, 2.45) is 0 Å².